The van der Waals surface area contributed by atoms with Crippen LogP contribution >= 0.6 is 0 Å². The van der Waals surface area contributed by atoms with Crippen LogP contribution in [0.1, 0.15) is 56.6 Å². The molecule has 224 valence electrons. The fourth-order valence-corrected chi connectivity index (χ4v) is 5.70. The standard InChI is InChI=1S/C32H35F2N7O2/c1-18(2)9-24-21(12-35)30(22(13-36)31(39-24)40-28-7-8-37-17-32(28,3)4)19-5-6-26-27(10-19)43-16-29(42)41(26)15-25-23(34)11-20(33)14-38-25/h5-6,10-11,13-14,18,28,36-37H,7-9,15-17H2,1-4H3,(H,39,40). The van der Waals surface area contributed by atoms with Gasteiger partial charge in [0.05, 0.1) is 35.4 Å². The molecule has 1 fully saturated rings. The van der Waals surface area contributed by atoms with Gasteiger partial charge in [0.1, 0.15) is 29.3 Å². The third-order valence-electron chi connectivity index (χ3n) is 8.00. The Kier molecular flexibility index (Phi) is 8.42. The molecule has 1 amide bonds. The van der Waals surface area contributed by atoms with Crippen molar-refractivity contribution in [1.82, 2.24) is 15.3 Å². The van der Waals surface area contributed by atoms with Crippen molar-refractivity contribution in [3.63, 3.8) is 0 Å². The van der Waals surface area contributed by atoms with Crippen LogP contribution < -0.4 is 20.3 Å². The van der Waals surface area contributed by atoms with Crippen LogP contribution in [0.4, 0.5) is 20.3 Å². The van der Waals surface area contributed by atoms with Crippen molar-refractivity contribution in [2.75, 3.05) is 29.9 Å². The van der Waals surface area contributed by atoms with Gasteiger partial charge >= 0.3 is 0 Å². The molecule has 2 aliphatic rings. The second kappa shape index (κ2) is 12.1. The van der Waals surface area contributed by atoms with Crippen LogP contribution in [0.5, 0.6) is 5.75 Å². The number of nitriles is 1. The predicted molar refractivity (Wildman–Crippen MR) is 160 cm³/mol. The molecule has 4 heterocycles. The number of pyridine rings is 2. The zero-order chi connectivity index (χ0) is 30.9. The van der Waals surface area contributed by atoms with Gasteiger partial charge in [0.15, 0.2) is 6.61 Å². The molecule has 1 atom stereocenters. The molecule has 0 radical (unpaired) electrons. The molecule has 1 aromatic carbocycles. The summed E-state index contributed by atoms with van der Waals surface area (Å²) in [6.45, 7) is 9.70. The van der Waals surface area contributed by atoms with E-state index in [1.54, 1.807) is 18.2 Å². The number of amides is 1. The van der Waals surface area contributed by atoms with Gasteiger partial charge in [0.25, 0.3) is 5.91 Å². The number of rotatable bonds is 8. The van der Waals surface area contributed by atoms with Crippen molar-refractivity contribution < 1.29 is 18.3 Å². The average molecular weight is 588 g/mol. The summed E-state index contributed by atoms with van der Waals surface area (Å²) in [5, 5.41) is 25.8. The van der Waals surface area contributed by atoms with Crippen LogP contribution in [0.3, 0.4) is 0 Å². The number of nitrogens with zero attached hydrogens (tertiary/aromatic N) is 4. The van der Waals surface area contributed by atoms with Gasteiger partial charge in [0, 0.05) is 36.0 Å². The van der Waals surface area contributed by atoms with Crippen molar-refractivity contribution in [3.05, 3.63) is 64.6 Å². The molecule has 0 spiro atoms. The maximum absolute atomic E-state index is 14.4. The first-order chi connectivity index (χ1) is 20.5. The molecule has 0 saturated carbocycles. The normalized spacial score (nSPS) is 17.7. The van der Waals surface area contributed by atoms with Crippen LogP contribution in [-0.4, -0.2) is 47.8 Å². The highest BCUT2D eigenvalue weighted by Gasteiger charge is 2.34. The van der Waals surface area contributed by atoms with Gasteiger partial charge in [-0.2, -0.15) is 5.26 Å². The second-order valence-corrected chi connectivity index (χ2v) is 12.1. The number of benzene rings is 1. The number of anilines is 2. The van der Waals surface area contributed by atoms with E-state index in [1.807, 2.05) is 0 Å². The summed E-state index contributed by atoms with van der Waals surface area (Å²) in [7, 11) is 0. The topological polar surface area (TPSA) is 127 Å². The van der Waals surface area contributed by atoms with E-state index in [0.717, 1.165) is 31.8 Å². The van der Waals surface area contributed by atoms with Crippen LogP contribution in [0.15, 0.2) is 30.5 Å². The SMILES string of the molecule is CC(C)Cc1nc(NC2CCNCC2(C)C)c(C=N)c(-c2ccc3c(c2)OCC(=O)N3Cc2ncc(F)cc2F)c1C#N. The maximum Gasteiger partial charge on any atom is 0.265 e. The zero-order valence-electron chi connectivity index (χ0n) is 24.7. The van der Waals surface area contributed by atoms with E-state index in [4.69, 9.17) is 15.1 Å². The molecule has 43 heavy (non-hydrogen) atoms. The van der Waals surface area contributed by atoms with Crippen molar-refractivity contribution in [2.45, 2.75) is 53.1 Å². The minimum atomic E-state index is -0.849. The lowest BCUT2D eigenvalue weighted by molar-refractivity contribution is -0.121. The Hall–Kier alpha value is -4.43. The van der Waals surface area contributed by atoms with E-state index in [-0.39, 0.29) is 36.2 Å². The molecule has 0 bridgehead atoms. The van der Waals surface area contributed by atoms with Gasteiger partial charge in [-0.25, -0.2) is 13.8 Å². The molecule has 3 N–H and O–H groups in total. The minimum absolute atomic E-state index is 0.0694. The highest BCUT2D eigenvalue weighted by atomic mass is 19.1. The molecule has 2 aromatic heterocycles. The molecule has 11 heteroatoms. The molecule has 3 aromatic rings. The van der Waals surface area contributed by atoms with Crippen molar-refractivity contribution in [2.24, 2.45) is 11.3 Å². The number of aromatic nitrogens is 2. The number of hydrogen-bond donors (Lipinski definition) is 3. The van der Waals surface area contributed by atoms with Gasteiger partial charge in [-0.15, -0.1) is 0 Å². The highest BCUT2D eigenvalue weighted by Crippen LogP contribution is 2.41. The first-order valence-corrected chi connectivity index (χ1v) is 14.3. The lowest BCUT2D eigenvalue weighted by Crippen LogP contribution is -2.50. The summed E-state index contributed by atoms with van der Waals surface area (Å²) in [5.74, 6) is -0.917. The van der Waals surface area contributed by atoms with E-state index >= 15 is 0 Å². The van der Waals surface area contributed by atoms with Crippen molar-refractivity contribution >= 4 is 23.6 Å². The third-order valence-corrected chi connectivity index (χ3v) is 8.00. The minimum Gasteiger partial charge on any atom is -0.482 e. The largest absolute Gasteiger partial charge is 0.482 e. The number of piperidine rings is 1. The lowest BCUT2D eigenvalue weighted by Gasteiger charge is -2.40. The smallest absolute Gasteiger partial charge is 0.265 e. The number of hydrogen-bond acceptors (Lipinski definition) is 8. The summed E-state index contributed by atoms with van der Waals surface area (Å²) in [6, 6.07) is 8.32. The van der Waals surface area contributed by atoms with Crippen molar-refractivity contribution in [1.29, 1.82) is 10.7 Å². The Morgan fingerprint density at radius 2 is 2.09 bits per heavy atom. The number of halogens is 2. The molecular weight excluding hydrogens is 552 g/mol. The first kappa shape index (κ1) is 30.0. The second-order valence-electron chi connectivity index (χ2n) is 12.1. The fourth-order valence-electron chi connectivity index (χ4n) is 5.70. The van der Waals surface area contributed by atoms with Crippen molar-refractivity contribution in [3.8, 4) is 22.9 Å². The maximum atomic E-state index is 14.4. The fraction of sp³-hybridized carbons (Fsp3) is 0.406. The number of ether oxygens (including phenoxy) is 1. The number of carbonyl (C=O) groups excluding carboxylic acids is 1. The van der Waals surface area contributed by atoms with Gasteiger partial charge in [0.2, 0.25) is 0 Å². The first-order valence-electron chi connectivity index (χ1n) is 14.3. The van der Waals surface area contributed by atoms with Gasteiger partial charge < -0.3 is 20.8 Å². The van der Waals surface area contributed by atoms with Crippen LogP contribution in [0.2, 0.25) is 0 Å². The molecule has 1 saturated heterocycles. The molecular formula is C32H35F2N7O2. The van der Waals surface area contributed by atoms with Gasteiger partial charge in [-0.05, 0) is 48.4 Å². The summed E-state index contributed by atoms with van der Waals surface area (Å²) in [6.07, 6.45) is 3.57. The van der Waals surface area contributed by atoms with Gasteiger partial charge in [-0.1, -0.05) is 33.8 Å². The average Bonchev–Trinajstić information content (AvgIpc) is 2.96. The number of fused-ring (bicyclic) bond motifs is 1. The molecule has 2 aliphatic heterocycles. The summed E-state index contributed by atoms with van der Waals surface area (Å²) < 4.78 is 33.6. The Morgan fingerprint density at radius 3 is 2.77 bits per heavy atom. The Bertz CT molecular complexity index is 1620. The van der Waals surface area contributed by atoms with Crippen LogP contribution in [-0.2, 0) is 17.8 Å². The molecule has 1 unspecified atom stereocenters. The van der Waals surface area contributed by atoms with E-state index in [1.165, 1.54) is 11.1 Å². The Labute approximate surface area is 249 Å². The van der Waals surface area contributed by atoms with E-state index < -0.39 is 17.5 Å². The van der Waals surface area contributed by atoms with E-state index in [0.29, 0.717) is 51.6 Å². The van der Waals surface area contributed by atoms with E-state index in [2.05, 4.69) is 49.4 Å². The molecule has 9 nitrogen and oxygen atoms in total. The summed E-state index contributed by atoms with van der Waals surface area (Å²) >= 11 is 0. The molecule has 5 rings (SSSR count). The highest BCUT2D eigenvalue weighted by molar-refractivity contribution is 6.00. The Morgan fingerprint density at radius 1 is 1.30 bits per heavy atom. The third kappa shape index (κ3) is 6.06. The summed E-state index contributed by atoms with van der Waals surface area (Å²) in [4.78, 5) is 22.9. The monoisotopic (exact) mass is 587 g/mol. The van der Waals surface area contributed by atoms with Crippen LogP contribution in [0, 0.1) is 39.7 Å². The quantitative estimate of drug-likeness (QED) is 0.309. The number of carbonyl (C=O) groups is 1. The summed E-state index contributed by atoms with van der Waals surface area (Å²) in [5.41, 5.74) is 2.93. The van der Waals surface area contributed by atoms with E-state index in [9.17, 15) is 18.8 Å². The lowest BCUT2D eigenvalue weighted by atomic mass is 9.80. The Balaban J connectivity index is 1.61. The molecule has 0 aliphatic carbocycles. The number of nitrogens with one attached hydrogen (secondary N) is 3. The zero-order valence-corrected chi connectivity index (χ0v) is 24.7. The van der Waals surface area contributed by atoms with Gasteiger partial charge in [-0.3, -0.25) is 14.7 Å². The predicted octanol–water partition coefficient (Wildman–Crippen LogP) is 5.22. The van der Waals surface area contributed by atoms with Crippen LogP contribution in [0.25, 0.3) is 11.1 Å².